The first kappa shape index (κ1) is 14.8. The van der Waals surface area contributed by atoms with Gasteiger partial charge in [-0.25, -0.2) is 9.37 Å². The summed E-state index contributed by atoms with van der Waals surface area (Å²) in [5.41, 5.74) is 8.39. The van der Waals surface area contributed by atoms with Crippen molar-refractivity contribution in [1.82, 2.24) is 14.8 Å². The summed E-state index contributed by atoms with van der Waals surface area (Å²) in [6, 6.07) is 4.98. The lowest BCUT2D eigenvalue weighted by atomic mass is 10.00. The van der Waals surface area contributed by atoms with Gasteiger partial charge in [0, 0.05) is 29.9 Å². The number of nitrogens with zero attached hydrogens (tertiary/aromatic N) is 3. The van der Waals surface area contributed by atoms with Crippen LogP contribution in [0.2, 0.25) is 5.02 Å². The maximum Gasteiger partial charge on any atom is 0.151 e. The molecule has 22 heavy (non-hydrogen) atoms. The minimum absolute atomic E-state index is 0.225. The van der Waals surface area contributed by atoms with Crippen LogP contribution in [0.5, 0.6) is 0 Å². The van der Waals surface area contributed by atoms with Crippen LogP contribution < -0.4 is 5.73 Å². The molecule has 1 aromatic carbocycles. The minimum Gasteiger partial charge on any atom is -0.384 e. The topological polar surface area (TPSA) is 56.7 Å². The molecule has 0 aliphatic heterocycles. The van der Waals surface area contributed by atoms with Crippen molar-refractivity contribution in [2.45, 2.75) is 19.8 Å². The van der Waals surface area contributed by atoms with Crippen molar-refractivity contribution in [3.63, 3.8) is 0 Å². The van der Waals surface area contributed by atoms with Gasteiger partial charge in [0.1, 0.15) is 11.3 Å². The third-order valence-corrected chi connectivity index (χ3v) is 3.97. The van der Waals surface area contributed by atoms with Crippen LogP contribution in [0.15, 0.2) is 24.4 Å². The van der Waals surface area contributed by atoms with Gasteiger partial charge in [0.2, 0.25) is 0 Å². The highest BCUT2D eigenvalue weighted by Gasteiger charge is 2.17. The van der Waals surface area contributed by atoms with E-state index in [9.17, 15) is 4.39 Å². The fraction of sp³-hybridized carbons (Fsp3) is 0.250. The number of rotatable bonds is 2. The van der Waals surface area contributed by atoms with Gasteiger partial charge < -0.3 is 5.73 Å². The number of aromatic nitrogens is 3. The van der Waals surface area contributed by atoms with E-state index in [1.807, 2.05) is 13.1 Å². The van der Waals surface area contributed by atoms with E-state index in [-0.39, 0.29) is 11.7 Å². The number of aryl methyl sites for hydroxylation is 1. The average molecular weight is 319 g/mol. The van der Waals surface area contributed by atoms with Gasteiger partial charge in [-0.05, 0) is 29.7 Å². The molecule has 2 N–H and O–H groups in total. The summed E-state index contributed by atoms with van der Waals surface area (Å²) < 4.78 is 16.2. The smallest absolute Gasteiger partial charge is 0.151 e. The summed E-state index contributed by atoms with van der Waals surface area (Å²) in [5.74, 6) is 0.194. The zero-order chi connectivity index (χ0) is 16.0. The van der Waals surface area contributed by atoms with E-state index in [1.165, 1.54) is 12.3 Å². The number of benzene rings is 1. The van der Waals surface area contributed by atoms with Crippen molar-refractivity contribution in [3.8, 4) is 11.1 Å². The summed E-state index contributed by atoms with van der Waals surface area (Å²) in [6.45, 7) is 4.11. The number of hydrogen-bond acceptors (Lipinski definition) is 3. The fourth-order valence-electron chi connectivity index (χ4n) is 2.79. The molecule has 0 radical (unpaired) electrons. The number of pyridine rings is 1. The van der Waals surface area contributed by atoms with E-state index < -0.39 is 0 Å². The van der Waals surface area contributed by atoms with Gasteiger partial charge in [-0.2, -0.15) is 5.10 Å². The van der Waals surface area contributed by atoms with Crippen LogP contribution in [0, 0.1) is 5.82 Å². The molecule has 0 bridgehead atoms. The third-order valence-electron chi connectivity index (χ3n) is 3.67. The quantitative estimate of drug-likeness (QED) is 0.772. The van der Waals surface area contributed by atoms with Crippen LogP contribution in [0.25, 0.3) is 22.0 Å². The first-order valence-electron chi connectivity index (χ1n) is 6.96. The van der Waals surface area contributed by atoms with Crippen LogP contribution in [-0.2, 0) is 7.05 Å². The molecule has 0 unspecified atom stereocenters. The Labute approximate surface area is 132 Å². The first-order valence-corrected chi connectivity index (χ1v) is 7.33. The lowest BCUT2D eigenvalue weighted by Gasteiger charge is -2.08. The van der Waals surface area contributed by atoms with Crippen molar-refractivity contribution in [2.24, 2.45) is 7.05 Å². The second kappa shape index (κ2) is 5.25. The second-order valence-corrected chi connectivity index (χ2v) is 6.01. The number of nitrogen functional groups attached to an aromatic ring is 1. The Kier molecular flexibility index (Phi) is 3.53. The number of nitrogens with two attached hydrogens (primary N) is 1. The molecule has 3 aromatic rings. The predicted octanol–water partition coefficient (Wildman–Crippen LogP) is 4.13. The van der Waals surface area contributed by atoms with Gasteiger partial charge >= 0.3 is 0 Å². The molecule has 0 amide bonds. The maximum absolute atomic E-state index is 14.5. The second-order valence-electron chi connectivity index (χ2n) is 5.61. The third kappa shape index (κ3) is 2.31. The predicted molar refractivity (Wildman–Crippen MR) is 87.4 cm³/mol. The van der Waals surface area contributed by atoms with E-state index in [0.29, 0.717) is 27.5 Å². The van der Waals surface area contributed by atoms with Gasteiger partial charge in [-0.1, -0.05) is 25.4 Å². The highest BCUT2D eigenvalue weighted by Crippen LogP contribution is 2.34. The Balaban J connectivity index is 2.32. The van der Waals surface area contributed by atoms with E-state index in [0.717, 1.165) is 11.1 Å². The van der Waals surface area contributed by atoms with Crippen LogP contribution in [0.1, 0.15) is 25.5 Å². The minimum atomic E-state index is -0.374. The van der Waals surface area contributed by atoms with E-state index >= 15 is 0 Å². The lowest BCUT2D eigenvalue weighted by Crippen LogP contribution is -1.99. The van der Waals surface area contributed by atoms with E-state index in [1.54, 1.807) is 10.7 Å². The molecular weight excluding hydrogens is 303 g/mol. The summed E-state index contributed by atoms with van der Waals surface area (Å²) in [6.07, 6.45) is 1.47. The van der Waals surface area contributed by atoms with Crippen molar-refractivity contribution in [1.29, 1.82) is 0 Å². The Morgan fingerprint density at radius 3 is 2.68 bits per heavy atom. The van der Waals surface area contributed by atoms with E-state index in [4.69, 9.17) is 17.3 Å². The molecule has 2 heterocycles. The molecule has 0 atom stereocenters. The fourth-order valence-corrected chi connectivity index (χ4v) is 3.00. The van der Waals surface area contributed by atoms with Crippen LogP contribution in [0.4, 0.5) is 10.2 Å². The van der Waals surface area contributed by atoms with Gasteiger partial charge in [-0.15, -0.1) is 0 Å². The molecule has 0 spiro atoms. The molecule has 3 rings (SSSR count). The molecule has 114 valence electrons. The maximum atomic E-state index is 14.5. The zero-order valence-electron chi connectivity index (χ0n) is 12.6. The number of anilines is 1. The van der Waals surface area contributed by atoms with Gasteiger partial charge in [0.25, 0.3) is 0 Å². The Bertz CT molecular complexity index is 870. The monoisotopic (exact) mass is 318 g/mol. The summed E-state index contributed by atoms with van der Waals surface area (Å²) in [4.78, 5) is 3.94. The van der Waals surface area contributed by atoms with Gasteiger partial charge in [0.05, 0.1) is 5.02 Å². The van der Waals surface area contributed by atoms with Crippen molar-refractivity contribution < 1.29 is 4.39 Å². The molecule has 4 nitrogen and oxygen atoms in total. The lowest BCUT2D eigenvalue weighted by molar-refractivity contribution is 0.629. The van der Waals surface area contributed by atoms with Crippen LogP contribution in [-0.4, -0.2) is 14.8 Å². The highest BCUT2D eigenvalue weighted by atomic mass is 35.5. The van der Waals surface area contributed by atoms with E-state index in [2.05, 4.69) is 23.9 Å². The molecule has 6 heteroatoms. The average Bonchev–Trinajstić information content (AvgIpc) is 2.78. The number of fused-ring (bicyclic) bond motifs is 1. The molecule has 0 aliphatic rings. The molecule has 2 aromatic heterocycles. The van der Waals surface area contributed by atoms with Crippen molar-refractivity contribution in [3.05, 3.63) is 40.9 Å². The molecule has 0 saturated heterocycles. The largest absolute Gasteiger partial charge is 0.384 e. The summed E-state index contributed by atoms with van der Waals surface area (Å²) in [7, 11) is 1.83. The van der Waals surface area contributed by atoms with Crippen molar-refractivity contribution >= 4 is 28.3 Å². The molecular formula is C16H16ClFN4. The molecule has 0 fully saturated rings. The van der Waals surface area contributed by atoms with Crippen molar-refractivity contribution in [2.75, 3.05) is 5.73 Å². The highest BCUT2D eigenvalue weighted by molar-refractivity contribution is 6.33. The summed E-state index contributed by atoms with van der Waals surface area (Å²) >= 11 is 6.18. The standard InChI is InChI=1S/C16H16ClFN4/c1-8(2)16-11-4-9(5-13(18)15(11)21-22(16)3)10-6-14(19)20-7-12(10)17/h4-8H,1-3H3,(H2,19,20). The van der Waals surface area contributed by atoms with Gasteiger partial charge in [0.15, 0.2) is 5.82 Å². The number of hydrogen-bond donors (Lipinski definition) is 1. The van der Waals surface area contributed by atoms with Gasteiger partial charge in [-0.3, -0.25) is 4.68 Å². The molecule has 0 saturated carbocycles. The van der Waals surface area contributed by atoms with Crippen LogP contribution in [0.3, 0.4) is 0 Å². The first-order chi connectivity index (χ1) is 10.4. The summed E-state index contributed by atoms with van der Waals surface area (Å²) in [5, 5.41) is 5.50. The SMILES string of the molecule is CC(C)c1c2cc(-c3cc(N)ncc3Cl)cc(F)c2nn1C. The Hall–Kier alpha value is -2.14. The van der Waals surface area contributed by atoms with Crippen LogP contribution >= 0.6 is 11.6 Å². The Morgan fingerprint density at radius 2 is 2.00 bits per heavy atom. The molecule has 0 aliphatic carbocycles. The zero-order valence-corrected chi connectivity index (χ0v) is 13.3. The normalized spacial score (nSPS) is 11.5. The Morgan fingerprint density at radius 1 is 1.27 bits per heavy atom. The number of halogens is 2.